The van der Waals surface area contributed by atoms with E-state index < -0.39 is 12.1 Å². The third-order valence-corrected chi connectivity index (χ3v) is 11.5. The number of amides is 1. The average molecular weight is 804 g/mol. The highest BCUT2D eigenvalue weighted by Crippen LogP contribution is 2.15. The van der Waals surface area contributed by atoms with Crippen LogP contribution in [0.5, 0.6) is 0 Å². The lowest BCUT2D eigenvalue weighted by Crippen LogP contribution is -2.45. The first-order chi connectivity index (χ1) is 28.0. The Morgan fingerprint density at radius 2 is 0.825 bits per heavy atom. The minimum Gasteiger partial charge on any atom is -0.466 e. The number of aliphatic hydroxyl groups is 2. The fourth-order valence-corrected chi connectivity index (χ4v) is 7.57. The molecule has 0 aromatic carbocycles. The number of unbranched alkanes of at least 4 members (excludes halogenated alkanes) is 31. The zero-order valence-corrected chi connectivity index (χ0v) is 38.1. The van der Waals surface area contributed by atoms with E-state index in [1.165, 1.54) is 148 Å². The number of esters is 1. The Kier molecular flexibility index (Phi) is 45.7. The summed E-state index contributed by atoms with van der Waals surface area (Å²) < 4.78 is 5.44. The summed E-state index contributed by atoms with van der Waals surface area (Å²) in [6.45, 7) is 4.86. The first-order valence-corrected chi connectivity index (χ1v) is 25.1. The third-order valence-electron chi connectivity index (χ3n) is 11.5. The van der Waals surface area contributed by atoms with Gasteiger partial charge in [0.05, 0.1) is 25.4 Å². The number of carbonyl (C=O) groups is 2. The third kappa shape index (κ3) is 43.7. The number of hydrogen-bond donors (Lipinski definition) is 3. The molecule has 0 aromatic heterocycles. The van der Waals surface area contributed by atoms with E-state index in [9.17, 15) is 19.8 Å². The maximum absolute atomic E-state index is 12.4. The van der Waals surface area contributed by atoms with Gasteiger partial charge in [0.2, 0.25) is 5.91 Å². The smallest absolute Gasteiger partial charge is 0.305 e. The van der Waals surface area contributed by atoms with Gasteiger partial charge >= 0.3 is 5.97 Å². The van der Waals surface area contributed by atoms with Crippen LogP contribution < -0.4 is 5.32 Å². The molecule has 0 aliphatic rings. The molecule has 0 rings (SSSR count). The van der Waals surface area contributed by atoms with Crippen molar-refractivity contribution in [2.75, 3.05) is 13.2 Å². The zero-order valence-electron chi connectivity index (χ0n) is 38.1. The summed E-state index contributed by atoms with van der Waals surface area (Å²) in [5.41, 5.74) is 0. The fourth-order valence-electron chi connectivity index (χ4n) is 7.57. The molecule has 2 unspecified atom stereocenters. The quantitative estimate of drug-likeness (QED) is 0.0324. The summed E-state index contributed by atoms with van der Waals surface area (Å²) in [5, 5.41) is 23.1. The Morgan fingerprint density at radius 3 is 1.25 bits per heavy atom. The minimum absolute atomic E-state index is 0.0346. The van der Waals surface area contributed by atoms with E-state index in [2.05, 4.69) is 43.5 Å². The van der Waals surface area contributed by atoms with Crippen molar-refractivity contribution in [2.24, 2.45) is 0 Å². The van der Waals surface area contributed by atoms with Crippen molar-refractivity contribution < 1.29 is 24.5 Å². The molecule has 0 radical (unpaired) electrons. The zero-order chi connectivity index (χ0) is 41.5. The Hall–Kier alpha value is -1.66. The summed E-state index contributed by atoms with van der Waals surface area (Å²) in [6.07, 6.45) is 54.3. The van der Waals surface area contributed by atoms with Crippen molar-refractivity contribution in [2.45, 2.75) is 276 Å². The van der Waals surface area contributed by atoms with Crippen LogP contribution in [0.1, 0.15) is 264 Å². The first kappa shape index (κ1) is 55.3. The number of aliphatic hydroxyl groups excluding tert-OH is 2. The molecule has 336 valence electrons. The summed E-state index contributed by atoms with van der Waals surface area (Å²) in [6, 6.07) is -0.561. The maximum Gasteiger partial charge on any atom is 0.305 e. The Bertz CT molecular complexity index is 889. The number of carbonyl (C=O) groups excluding carboxylic acids is 2. The van der Waals surface area contributed by atoms with Crippen molar-refractivity contribution in [3.63, 3.8) is 0 Å². The van der Waals surface area contributed by atoms with Crippen molar-refractivity contribution in [1.29, 1.82) is 0 Å². The van der Waals surface area contributed by atoms with Crippen molar-refractivity contribution in [1.82, 2.24) is 5.32 Å². The van der Waals surface area contributed by atoms with Crippen LogP contribution >= 0.6 is 0 Å². The highest BCUT2D eigenvalue weighted by Gasteiger charge is 2.20. The average Bonchev–Trinajstić information content (AvgIpc) is 3.21. The predicted octanol–water partition coefficient (Wildman–Crippen LogP) is 14.7. The van der Waals surface area contributed by atoms with E-state index in [-0.39, 0.29) is 18.5 Å². The van der Waals surface area contributed by atoms with Crippen molar-refractivity contribution >= 4 is 11.9 Å². The van der Waals surface area contributed by atoms with Gasteiger partial charge in [0.15, 0.2) is 0 Å². The number of hydrogen-bond acceptors (Lipinski definition) is 5. The van der Waals surface area contributed by atoms with Crippen LogP contribution in [0, 0.1) is 0 Å². The predicted molar refractivity (Wildman–Crippen MR) is 246 cm³/mol. The van der Waals surface area contributed by atoms with E-state index in [0.717, 1.165) is 83.5 Å². The molecule has 0 saturated heterocycles. The SMILES string of the molecule is CCCCCCCCC/C=C\CCCCCCCCCC(=O)OCCCC/C=C\CCCCCCCC(=O)NC(CO)C(O)CCCCCCCCCCCCC. The molecule has 1 amide bonds. The molecule has 0 aliphatic carbocycles. The van der Waals surface area contributed by atoms with Gasteiger partial charge < -0.3 is 20.3 Å². The second kappa shape index (κ2) is 47.0. The number of nitrogens with one attached hydrogen (secondary N) is 1. The van der Waals surface area contributed by atoms with Gasteiger partial charge in [-0.15, -0.1) is 0 Å². The van der Waals surface area contributed by atoms with Gasteiger partial charge in [-0.3, -0.25) is 9.59 Å². The van der Waals surface area contributed by atoms with Crippen LogP contribution in [-0.4, -0.2) is 47.4 Å². The van der Waals surface area contributed by atoms with Crippen LogP contribution in [0.4, 0.5) is 0 Å². The van der Waals surface area contributed by atoms with Crippen LogP contribution in [0.15, 0.2) is 24.3 Å². The molecule has 2 atom stereocenters. The molecule has 0 fully saturated rings. The molecule has 0 bridgehead atoms. The van der Waals surface area contributed by atoms with Gasteiger partial charge in [-0.25, -0.2) is 0 Å². The van der Waals surface area contributed by atoms with Gasteiger partial charge in [-0.2, -0.15) is 0 Å². The monoisotopic (exact) mass is 804 g/mol. The molecule has 0 spiro atoms. The van der Waals surface area contributed by atoms with Crippen LogP contribution in [0.3, 0.4) is 0 Å². The van der Waals surface area contributed by atoms with Gasteiger partial charge in [-0.1, -0.05) is 199 Å². The Morgan fingerprint density at radius 1 is 0.474 bits per heavy atom. The van der Waals surface area contributed by atoms with E-state index in [0.29, 0.717) is 25.9 Å². The highest BCUT2D eigenvalue weighted by atomic mass is 16.5. The van der Waals surface area contributed by atoms with Crippen molar-refractivity contribution in [3.05, 3.63) is 24.3 Å². The van der Waals surface area contributed by atoms with E-state index in [4.69, 9.17) is 4.74 Å². The molecule has 6 nitrogen and oxygen atoms in total. The second-order valence-corrected chi connectivity index (χ2v) is 17.1. The molecular formula is C51H97NO5. The lowest BCUT2D eigenvalue weighted by atomic mass is 10.0. The van der Waals surface area contributed by atoms with Gasteiger partial charge in [0.25, 0.3) is 0 Å². The highest BCUT2D eigenvalue weighted by molar-refractivity contribution is 5.76. The minimum atomic E-state index is -0.681. The molecule has 0 aliphatic heterocycles. The molecule has 0 heterocycles. The Balaban J connectivity index is 3.49. The summed E-state index contributed by atoms with van der Waals surface area (Å²) >= 11 is 0. The number of rotatable bonds is 46. The number of ether oxygens (including phenoxy) is 1. The maximum atomic E-state index is 12.4. The lowest BCUT2D eigenvalue weighted by molar-refractivity contribution is -0.143. The van der Waals surface area contributed by atoms with Crippen LogP contribution in [0.25, 0.3) is 0 Å². The molecular weight excluding hydrogens is 707 g/mol. The van der Waals surface area contributed by atoms with Crippen molar-refractivity contribution in [3.8, 4) is 0 Å². The molecule has 57 heavy (non-hydrogen) atoms. The van der Waals surface area contributed by atoms with Gasteiger partial charge in [-0.05, 0) is 77.0 Å². The van der Waals surface area contributed by atoms with Gasteiger partial charge in [0.1, 0.15) is 0 Å². The topological polar surface area (TPSA) is 95.9 Å². The van der Waals surface area contributed by atoms with Crippen LogP contribution in [0.2, 0.25) is 0 Å². The molecule has 3 N–H and O–H groups in total. The Labute approximate surface area is 354 Å². The lowest BCUT2D eigenvalue weighted by Gasteiger charge is -2.22. The summed E-state index contributed by atoms with van der Waals surface area (Å²) in [5.74, 6) is -0.100. The van der Waals surface area contributed by atoms with Gasteiger partial charge in [0, 0.05) is 12.8 Å². The largest absolute Gasteiger partial charge is 0.466 e. The second-order valence-electron chi connectivity index (χ2n) is 17.1. The fraction of sp³-hybridized carbons (Fsp3) is 0.882. The molecule has 0 saturated carbocycles. The van der Waals surface area contributed by atoms with E-state index in [1.807, 2.05) is 0 Å². The number of allylic oxidation sites excluding steroid dienone is 4. The van der Waals surface area contributed by atoms with Crippen LogP contribution in [-0.2, 0) is 14.3 Å². The standard InChI is InChI=1S/C51H97NO5/c1-3-5-7-9-11-13-15-16-17-18-19-20-21-25-29-33-37-41-45-51(56)57-46-42-38-34-30-26-22-24-28-32-36-40-44-50(55)52-48(47-53)49(54)43-39-35-31-27-23-14-12-10-8-6-4-2/h17-18,26,30,48-49,53-54H,3-16,19-25,27-29,31-47H2,1-2H3,(H,52,55)/b18-17-,30-26-. The first-order valence-electron chi connectivity index (χ1n) is 25.1. The summed E-state index contributed by atoms with van der Waals surface area (Å²) in [7, 11) is 0. The molecule has 0 aromatic rings. The normalized spacial score (nSPS) is 12.8. The van der Waals surface area contributed by atoms with E-state index >= 15 is 0 Å². The van der Waals surface area contributed by atoms with E-state index in [1.54, 1.807) is 0 Å². The summed E-state index contributed by atoms with van der Waals surface area (Å²) in [4.78, 5) is 24.4. The molecule has 6 heteroatoms.